The minimum atomic E-state index is -1.78. The fraction of sp³-hybridized carbons (Fsp3) is 0.615. The predicted octanol–water partition coefficient (Wildman–Crippen LogP) is 4.26. The highest BCUT2D eigenvalue weighted by atomic mass is 32.1. The van der Waals surface area contributed by atoms with Crippen LogP contribution in [-0.4, -0.2) is 66.6 Å². The van der Waals surface area contributed by atoms with E-state index in [1.165, 1.54) is 41.9 Å². The molecule has 6 rings (SSSR count). The first-order valence-corrected chi connectivity index (χ1v) is 14.5. The molecule has 4 fully saturated rings. The van der Waals surface area contributed by atoms with Gasteiger partial charge in [-0.15, -0.1) is 22.7 Å². The molecule has 2 bridgehead atoms. The molecule has 0 radical (unpaired) electrons. The molecule has 2 N–H and O–H groups in total. The number of piperidine rings is 3. The van der Waals surface area contributed by atoms with Gasteiger partial charge in [0.15, 0.2) is 6.10 Å². The molecule has 5 heterocycles. The van der Waals surface area contributed by atoms with E-state index in [0.717, 1.165) is 49.8 Å². The zero-order valence-corrected chi connectivity index (χ0v) is 21.7. The number of esters is 1. The van der Waals surface area contributed by atoms with E-state index < -0.39 is 11.6 Å². The highest BCUT2D eigenvalue weighted by Crippen LogP contribution is 2.40. The molecule has 35 heavy (non-hydrogen) atoms. The number of thiophene rings is 2. The smallest absolute Gasteiger partial charge is 0.407 e. The van der Waals surface area contributed by atoms with Crippen molar-refractivity contribution in [1.82, 2.24) is 5.32 Å². The zero-order chi connectivity index (χ0) is 24.3. The largest absolute Gasteiger partial charge is 0.453 e. The maximum Gasteiger partial charge on any atom is 0.407 e. The van der Waals surface area contributed by atoms with Crippen LogP contribution in [0.1, 0.15) is 54.7 Å². The van der Waals surface area contributed by atoms with Crippen LogP contribution >= 0.6 is 22.7 Å². The number of carbonyl (C=O) groups is 2. The van der Waals surface area contributed by atoms with Crippen LogP contribution in [0.4, 0.5) is 4.79 Å². The lowest BCUT2D eigenvalue weighted by Gasteiger charge is -2.52. The highest BCUT2D eigenvalue weighted by molar-refractivity contribution is 7.12. The summed E-state index contributed by atoms with van der Waals surface area (Å²) in [6, 6.07) is 7.48. The molecule has 1 saturated carbocycles. The maximum atomic E-state index is 13.5. The molecule has 1 unspecified atom stereocenters. The molecule has 3 saturated heterocycles. The Morgan fingerprint density at radius 3 is 2.29 bits per heavy atom. The number of quaternary nitrogens is 1. The molecule has 0 spiro atoms. The molecular formula is C26H35N2O5S2+. The van der Waals surface area contributed by atoms with Crippen molar-refractivity contribution in [2.24, 2.45) is 5.92 Å². The molecule has 4 aliphatic rings. The van der Waals surface area contributed by atoms with Crippen LogP contribution in [0.25, 0.3) is 0 Å². The lowest BCUT2D eigenvalue weighted by Crippen LogP contribution is -2.65. The van der Waals surface area contributed by atoms with E-state index in [1.54, 1.807) is 12.1 Å². The third-order valence-corrected chi connectivity index (χ3v) is 10.0. The second kappa shape index (κ2) is 10.6. The van der Waals surface area contributed by atoms with Crippen LogP contribution in [0.3, 0.4) is 0 Å². The molecule has 1 aliphatic carbocycles. The number of carbonyl (C=O) groups excluding carboxylic acids is 2. The molecule has 190 valence electrons. The second-order valence-electron chi connectivity index (χ2n) is 10.3. The maximum absolute atomic E-state index is 13.5. The normalized spacial score (nSPS) is 26.9. The average molecular weight is 520 g/mol. The lowest BCUT2D eigenvalue weighted by molar-refractivity contribution is -0.946. The Labute approximate surface area is 214 Å². The number of aliphatic hydroxyl groups is 1. The molecule has 1 amide bonds. The third-order valence-electron chi connectivity index (χ3n) is 8.08. The summed E-state index contributed by atoms with van der Waals surface area (Å²) in [6.07, 6.45) is 7.04. The number of amides is 1. The number of hydrogen-bond acceptors (Lipinski definition) is 7. The average Bonchev–Trinajstić information content (AvgIpc) is 3.60. The van der Waals surface area contributed by atoms with Crippen molar-refractivity contribution in [3.8, 4) is 0 Å². The van der Waals surface area contributed by atoms with Gasteiger partial charge in [-0.05, 0) is 35.7 Å². The number of alkyl carbamates (subject to hydrolysis) is 1. The van der Waals surface area contributed by atoms with Crippen molar-refractivity contribution in [3.05, 3.63) is 44.8 Å². The Morgan fingerprint density at radius 2 is 1.69 bits per heavy atom. The van der Waals surface area contributed by atoms with Gasteiger partial charge >= 0.3 is 12.1 Å². The lowest BCUT2D eigenvalue weighted by atomic mass is 9.83. The van der Waals surface area contributed by atoms with Crippen LogP contribution < -0.4 is 5.32 Å². The molecular weight excluding hydrogens is 484 g/mol. The van der Waals surface area contributed by atoms with E-state index in [0.29, 0.717) is 28.8 Å². The summed E-state index contributed by atoms with van der Waals surface area (Å²) in [5.74, 6) is -0.284. The predicted molar refractivity (Wildman–Crippen MR) is 135 cm³/mol. The molecule has 2 aromatic rings. The van der Waals surface area contributed by atoms with Crippen LogP contribution in [0.5, 0.6) is 0 Å². The summed E-state index contributed by atoms with van der Waals surface area (Å²) < 4.78 is 12.4. The first kappa shape index (κ1) is 24.7. The third kappa shape index (κ3) is 5.28. The van der Waals surface area contributed by atoms with Crippen molar-refractivity contribution in [3.63, 3.8) is 0 Å². The minimum absolute atomic E-state index is 0.239. The van der Waals surface area contributed by atoms with E-state index in [9.17, 15) is 14.7 Å². The quantitative estimate of drug-likeness (QED) is 0.402. The van der Waals surface area contributed by atoms with Gasteiger partial charge in [0.05, 0.1) is 22.8 Å². The first-order valence-electron chi connectivity index (χ1n) is 12.8. The first-order chi connectivity index (χ1) is 17.0. The van der Waals surface area contributed by atoms with Crippen LogP contribution in [0.2, 0.25) is 0 Å². The number of fused-ring (bicyclic) bond motifs is 3. The van der Waals surface area contributed by atoms with Crippen LogP contribution in [-0.2, 0) is 19.9 Å². The number of ether oxygens (including phenoxy) is 2. The summed E-state index contributed by atoms with van der Waals surface area (Å²) >= 11 is 2.71. The molecule has 0 aromatic carbocycles. The molecule has 9 heteroatoms. The van der Waals surface area contributed by atoms with Gasteiger partial charge in [0.1, 0.15) is 19.7 Å². The Morgan fingerprint density at radius 1 is 1.03 bits per heavy atom. The standard InChI is InChI=1S/C26H34N2O5S2/c29-24(26(31,22-8-4-16-34-22)23-9-5-17-35-23)33-21-18-28(12-10-19(21)11-13-28)14-15-32-25(30)27-20-6-2-1-3-7-20/h4-5,8-9,16-17,19-21,31H,1-3,6-7,10-15,18H2/p+1. The Balaban J connectivity index is 1.19. The Bertz CT molecular complexity index is 945. The van der Waals surface area contributed by atoms with Gasteiger partial charge in [-0.25, -0.2) is 9.59 Å². The molecule has 2 aromatic heterocycles. The van der Waals surface area contributed by atoms with Gasteiger partial charge < -0.3 is 24.4 Å². The zero-order valence-electron chi connectivity index (χ0n) is 20.0. The number of nitrogens with zero attached hydrogens (tertiary/aromatic N) is 1. The van der Waals surface area contributed by atoms with Crippen LogP contribution in [0, 0.1) is 5.92 Å². The van der Waals surface area contributed by atoms with Crippen molar-refractivity contribution in [1.29, 1.82) is 0 Å². The monoisotopic (exact) mass is 519 g/mol. The minimum Gasteiger partial charge on any atom is -0.453 e. The Hall–Kier alpha value is -1.94. The van der Waals surface area contributed by atoms with E-state index in [-0.39, 0.29) is 18.2 Å². The fourth-order valence-electron chi connectivity index (χ4n) is 5.97. The van der Waals surface area contributed by atoms with E-state index in [4.69, 9.17) is 9.47 Å². The fourth-order valence-corrected chi connectivity index (χ4v) is 7.68. The SMILES string of the molecule is O=C(NC1CCCCC1)OCC[N+]12CCC(CC1)C(OC(=O)C(O)(c1cccs1)c1cccs1)C2. The van der Waals surface area contributed by atoms with Crippen molar-refractivity contribution < 1.29 is 28.7 Å². The Kier molecular flexibility index (Phi) is 7.48. The van der Waals surface area contributed by atoms with Gasteiger partial charge in [0.25, 0.3) is 0 Å². The van der Waals surface area contributed by atoms with E-state index in [2.05, 4.69) is 5.32 Å². The summed E-state index contributed by atoms with van der Waals surface area (Å²) in [7, 11) is 0. The van der Waals surface area contributed by atoms with Gasteiger partial charge in [0.2, 0.25) is 5.60 Å². The van der Waals surface area contributed by atoms with Gasteiger partial charge in [-0.1, -0.05) is 31.4 Å². The summed E-state index contributed by atoms with van der Waals surface area (Å²) in [6.45, 7) is 3.80. The number of hydrogen-bond donors (Lipinski definition) is 2. The van der Waals surface area contributed by atoms with Gasteiger partial charge in [-0.3, -0.25) is 0 Å². The van der Waals surface area contributed by atoms with Gasteiger partial charge in [-0.2, -0.15) is 0 Å². The summed E-state index contributed by atoms with van der Waals surface area (Å²) in [4.78, 5) is 26.9. The van der Waals surface area contributed by atoms with Gasteiger partial charge in [0, 0.05) is 24.8 Å². The van der Waals surface area contributed by atoms with Crippen molar-refractivity contribution >= 4 is 34.7 Å². The van der Waals surface area contributed by atoms with Crippen LogP contribution in [0.15, 0.2) is 35.0 Å². The second-order valence-corrected chi connectivity index (χ2v) is 12.2. The molecule has 1 atom stereocenters. The van der Waals surface area contributed by atoms with Crippen molar-refractivity contribution in [2.45, 2.75) is 62.7 Å². The molecule has 7 nitrogen and oxygen atoms in total. The topological polar surface area (TPSA) is 84.9 Å². The van der Waals surface area contributed by atoms with E-state index in [1.807, 2.05) is 22.9 Å². The highest BCUT2D eigenvalue weighted by Gasteiger charge is 2.51. The summed E-state index contributed by atoms with van der Waals surface area (Å²) in [5, 5.41) is 18.3. The number of rotatable bonds is 8. The van der Waals surface area contributed by atoms with E-state index >= 15 is 0 Å². The summed E-state index contributed by atoms with van der Waals surface area (Å²) in [5.41, 5.74) is -1.78. The number of nitrogens with one attached hydrogen (secondary N) is 1. The molecule has 3 aliphatic heterocycles. The van der Waals surface area contributed by atoms with Crippen molar-refractivity contribution in [2.75, 3.05) is 32.8 Å².